The molecule has 1 amide bonds. The van der Waals surface area contributed by atoms with Crippen LogP contribution in [0.25, 0.3) is 0 Å². The Morgan fingerprint density at radius 1 is 1.22 bits per heavy atom. The van der Waals surface area contributed by atoms with Gasteiger partial charge in [-0.1, -0.05) is 12.1 Å². The van der Waals surface area contributed by atoms with Gasteiger partial charge >= 0.3 is 0 Å². The summed E-state index contributed by atoms with van der Waals surface area (Å²) in [5.74, 6) is 0.615. The van der Waals surface area contributed by atoms with Crippen LogP contribution >= 0.6 is 0 Å². The van der Waals surface area contributed by atoms with Crippen molar-refractivity contribution in [2.75, 3.05) is 18.5 Å². The SMILES string of the molecule is CCOc1ccc(/C=N/NC(=O)CNc2cccc(C)c2)cc1. The van der Waals surface area contributed by atoms with E-state index in [1.54, 1.807) is 6.21 Å². The van der Waals surface area contributed by atoms with Crippen LogP contribution in [-0.4, -0.2) is 25.3 Å². The lowest BCUT2D eigenvalue weighted by Crippen LogP contribution is -2.25. The quantitative estimate of drug-likeness (QED) is 0.610. The van der Waals surface area contributed by atoms with Crippen LogP contribution in [-0.2, 0) is 4.79 Å². The van der Waals surface area contributed by atoms with Crippen LogP contribution < -0.4 is 15.5 Å². The largest absolute Gasteiger partial charge is 0.494 e. The standard InChI is InChI=1S/C18H21N3O2/c1-3-23-17-9-7-15(8-10-17)12-20-21-18(22)13-19-16-6-4-5-14(2)11-16/h4-12,19H,3,13H2,1-2H3,(H,21,22)/b20-12+. The second kappa shape index (κ2) is 8.58. The average molecular weight is 311 g/mol. The van der Waals surface area contributed by atoms with E-state index in [4.69, 9.17) is 4.74 Å². The minimum absolute atomic E-state index is 0.171. The van der Waals surface area contributed by atoms with Crippen LogP contribution in [0.4, 0.5) is 5.69 Å². The molecule has 0 atom stereocenters. The molecule has 0 aromatic heterocycles. The van der Waals surface area contributed by atoms with Gasteiger partial charge in [-0.2, -0.15) is 5.10 Å². The molecular weight excluding hydrogens is 290 g/mol. The number of carbonyl (C=O) groups excluding carboxylic acids is 1. The second-order valence-electron chi connectivity index (χ2n) is 5.02. The molecule has 0 spiro atoms. The van der Waals surface area contributed by atoms with E-state index in [1.807, 2.05) is 62.4 Å². The predicted molar refractivity (Wildman–Crippen MR) is 93.0 cm³/mol. The van der Waals surface area contributed by atoms with Crippen LogP contribution in [0.5, 0.6) is 5.75 Å². The molecule has 0 saturated carbocycles. The van der Waals surface area contributed by atoms with Crippen molar-refractivity contribution in [3.63, 3.8) is 0 Å². The Morgan fingerprint density at radius 3 is 2.70 bits per heavy atom. The number of nitrogens with zero attached hydrogens (tertiary/aromatic N) is 1. The third-order valence-electron chi connectivity index (χ3n) is 3.07. The first-order valence-corrected chi connectivity index (χ1v) is 7.52. The lowest BCUT2D eigenvalue weighted by molar-refractivity contribution is -0.119. The summed E-state index contributed by atoms with van der Waals surface area (Å²) in [6.07, 6.45) is 1.60. The fourth-order valence-electron chi connectivity index (χ4n) is 1.97. The summed E-state index contributed by atoms with van der Waals surface area (Å²) in [4.78, 5) is 11.7. The smallest absolute Gasteiger partial charge is 0.259 e. The van der Waals surface area contributed by atoms with Crippen molar-refractivity contribution in [3.8, 4) is 5.75 Å². The van der Waals surface area contributed by atoms with Crippen LogP contribution in [0.1, 0.15) is 18.1 Å². The van der Waals surface area contributed by atoms with Gasteiger partial charge < -0.3 is 10.1 Å². The molecule has 2 aromatic carbocycles. The van der Waals surface area contributed by atoms with Gasteiger partial charge in [0.2, 0.25) is 0 Å². The molecule has 0 bridgehead atoms. The molecule has 2 aromatic rings. The Kier molecular flexibility index (Phi) is 6.17. The van der Waals surface area contributed by atoms with Crippen molar-refractivity contribution in [2.24, 2.45) is 5.10 Å². The van der Waals surface area contributed by atoms with Crippen LogP contribution in [0.2, 0.25) is 0 Å². The van der Waals surface area contributed by atoms with Crippen molar-refractivity contribution in [2.45, 2.75) is 13.8 Å². The molecule has 23 heavy (non-hydrogen) atoms. The first-order chi connectivity index (χ1) is 11.2. The summed E-state index contributed by atoms with van der Waals surface area (Å²) in [6, 6.07) is 15.3. The zero-order valence-electron chi connectivity index (χ0n) is 13.4. The summed E-state index contributed by atoms with van der Waals surface area (Å²) < 4.78 is 5.36. The van der Waals surface area contributed by atoms with Gasteiger partial charge in [0.05, 0.1) is 19.4 Å². The van der Waals surface area contributed by atoms with Crippen LogP contribution in [0, 0.1) is 6.92 Å². The zero-order valence-corrected chi connectivity index (χ0v) is 13.4. The van der Waals surface area contributed by atoms with E-state index in [-0.39, 0.29) is 12.5 Å². The molecule has 5 heteroatoms. The van der Waals surface area contributed by atoms with E-state index >= 15 is 0 Å². The van der Waals surface area contributed by atoms with E-state index in [0.29, 0.717) is 6.61 Å². The van der Waals surface area contributed by atoms with Gasteiger partial charge in [-0.15, -0.1) is 0 Å². The Balaban J connectivity index is 1.77. The molecule has 0 saturated heterocycles. The number of hydrogen-bond acceptors (Lipinski definition) is 4. The molecule has 120 valence electrons. The zero-order chi connectivity index (χ0) is 16.5. The number of carbonyl (C=O) groups is 1. The number of benzene rings is 2. The van der Waals surface area contributed by atoms with Crippen LogP contribution in [0.15, 0.2) is 53.6 Å². The maximum Gasteiger partial charge on any atom is 0.259 e. The fourth-order valence-corrected chi connectivity index (χ4v) is 1.97. The molecule has 0 aliphatic heterocycles. The normalized spacial score (nSPS) is 10.5. The molecule has 0 fully saturated rings. The maximum absolute atomic E-state index is 11.7. The highest BCUT2D eigenvalue weighted by Crippen LogP contribution is 2.10. The molecule has 0 radical (unpaired) electrons. The summed E-state index contributed by atoms with van der Waals surface area (Å²) in [5.41, 5.74) is 5.44. The number of nitrogens with one attached hydrogen (secondary N) is 2. The van der Waals surface area contributed by atoms with E-state index in [2.05, 4.69) is 15.8 Å². The monoisotopic (exact) mass is 311 g/mol. The van der Waals surface area contributed by atoms with Crippen molar-refractivity contribution in [3.05, 3.63) is 59.7 Å². The average Bonchev–Trinajstić information content (AvgIpc) is 2.55. The minimum Gasteiger partial charge on any atom is -0.494 e. The number of rotatable bonds is 7. The Labute approximate surface area is 136 Å². The lowest BCUT2D eigenvalue weighted by Gasteiger charge is -2.05. The molecule has 0 unspecified atom stereocenters. The van der Waals surface area contributed by atoms with Crippen molar-refractivity contribution >= 4 is 17.8 Å². The molecule has 0 heterocycles. The number of ether oxygens (including phenoxy) is 1. The van der Waals surface area contributed by atoms with Gasteiger partial charge in [-0.3, -0.25) is 4.79 Å². The summed E-state index contributed by atoms with van der Waals surface area (Å²) in [6.45, 7) is 4.75. The van der Waals surface area contributed by atoms with E-state index in [0.717, 1.165) is 22.6 Å². The number of aryl methyl sites for hydroxylation is 1. The third kappa shape index (κ3) is 5.82. The Hall–Kier alpha value is -2.82. The van der Waals surface area contributed by atoms with E-state index < -0.39 is 0 Å². The summed E-state index contributed by atoms with van der Waals surface area (Å²) >= 11 is 0. The van der Waals surface area contributed by atoms with Crippen molar-refractivity contribution < 1.29 is 9.53 Å². The predicted octanol–water partition coefficient (Wildman–Crippen LogP) is 2.96. The highest BCUT2D eigenvalue weighted by molar-refractivity contribution is 5.84. The maximum atomic E-state index is 11.7. The molecule has 5 nitrogen and oxygen atoms in total. The topological polar surface area (TPSA) is 62.7 Å². The minimum atomic E-state index is -0.200. The number of amides is 1. The van der Waals surface area contributed by atoms with E-state index in [9.17, 15) is 4.79 Å². The summed E-state index contributed by atoms with van der Waals surface area (Å²) in [5, 5.41) is 6.99. The van der Waals surface area contributed by atoms with Gasteiger partial charge in [0.1, 0.15) is 5.75 Å². The highest BCUT2D eigenvalue weighted by Gasteiger charge is 1.99. The van der Waals surface area contributed by atoms with Gasteiger partial charge in [0.25, 0.3) is 5.91 Å². The fraction of sp³-hybridized carbons (Fsp3) is 0.222. The second-order valence-corrected chi connectivity index (χ2v) is 5.02. The highest BCUT2D eigenvalue weighted by atomic mass is 16.5. The van der Waals surface area contributed by atoms with Gasteiger partial charge in [-0.25, -0.2) is 5.43 Å². The Morgan fingerprint density at radius 2 is 2.00 bits per heavy atom. The van der Waals surface area contributed by atoms with Crippen molar-refractivity contribution in [1.82, 2.24) is 5.43 Å². The first-order valence-electron chi connectivity index (χ1n) is 7.52. The van der Waals surface area contributed by atoms with Gasteiger partial charge in [0, 0.05) is 5.69 Å². The lowest BCUT2D eigenvalue weighted by atomic mass is 10.2. The first kappa shape index (κ1) is 16.5. The number of hydrazone groups is 1. The number of anilines is 1. The summed E-state index contributed by atoms with van der Waals surface area (Å²) in [7, 11) is 0. The molecule has 0 aliphatic carbocycles. The molecular formula is C18H21N3O2. The number of hydrogen-bond donors (Lipinski definition) is 2. The molecule has 0 aliphatic rings. The van der Waals surface area contributed by atoms with Gasteiger partial charge in [-0.05, 0) is 61.4 Å². The molecule has 2 rings (SSSR count). The Bertz CT molecular complexity index is 666. The van der Waals surface area contributed by atoms with Crippen LogP contribution in [0.3, 0.4) is 0 Å². The molecule has 2 N–H and O–H groups in total. The third-order valence-corrected chi connectivity index (χ3v) is 3.07. The van der Waals surface area contributed by atoms with E-state index in [1.165, 1.54) is 0 Å². The van der Waals surface area contributed by atoms with Crippen molar-refractivity contribution in [1.29, 1.82) is 0 Å². The van der Waals surface area contributed by atoms with Gasteiger partial charge in [0.15, 0.2) is 0 Å².